The molecule has 0 aliphatic heterocycles. The lowest BCUT2D eigenvalue weighted by molar-refractivity contribution is 0.282. The van der Waals surface area contributed by atoms with Crippen LogP contribution in [0.2, 0.25) is 0 Å². The van der Waals surface area contributed by atoms with Gasteiger partial charge in [-0.1, -0.05) is 76.1 Å². The molecule has 0 aliphatic carbocycles. The molecule has 0 radical (unpaired) electrons. The van der Waals surface area contributed by atoms with Gasteiger partial charge in [-0.25, -0.2) is 0 Å². The zero-order valence-corrected chi connectivity index (χ0v) is 13.0. The van der Waals surface area contributed by atoms with Gasteiger partial charge in [0.25, 0.3) is 0 Å². The van der Waals surface area contributed by atoms with Crippen LogP contribution >= 0.6 is 0 Å². The zero-order chi connectivity index (χ0) is 14.5. The number of aliphatic hydroxyl groups is 1. The number of nitrogens with one attached hydrogen (secondary N) is 1. The minimum atomic E-state index is 0.131. The Morgan fingerprint density at radius 2 is 1.35 bits per heavy atom. The topological polar surface area (TPSA) is 32.3 Å². The Morgan fingerprint density at radius 3 is 1.95 bits per heavy atom. The number of benzene rings is 1. The third kappa shape index (κ3) is 8.34. The highest BCUT2D eigenvalue weighted by molar-refractivity contribution is 5.21. The van der Waals surface area contributed by atoms with Crippen molar-refractivity contribution in [1.82, 2.24) is 5.32 Å². The van der Waals surface area contributed by atoms with E-state index in [9.17, 15) is 0 Å². The van der Waals surface area contributed by atoms with Crippen LogP contribution in [0.4, 0.5) is 0 Å². The molecule has 0 bridgehead atoms. The average molecular weight is 277 g/mol. The summed E-state index contributed by atoms with van der Waals surface area (Å²) in [5, 5.41) is 12.5. The lowest BCUT2D eigenvalue weighted by Crippen LogP contribution is -2.14. The highest BCUT2D eigenvalue weighted by Crippen LogP contribution is 2.08. The first kappa shape index (κ1) is 17.2. The van der Waals surface area contributed by atoms with Gasteiger partial charge in [0, 0.05) is 6.54 Å². The number of hydrogen-bond acceptors (Lipinski definition) is 2. The van der Waals surface area contributed by atoms with Crippen LogP contribution in [0.3, 0.4) is 0 Å². The largest absolute Gasteiger partial charge is 0.392 e. The molecule has 0 aliphatic rings. The maximum absolute atomic E-state index is 8.98. The van der Waals surface area contributed by atoms with Crippen molar-refractivity contribution in [3.05, 3.63) is 35.4 Å². The van der Waals surface area contributed by atoms with Crippen molar-refractivity contribution in [3.63, 3.8) is 0 Å². The summed E-state index contributed by atoms with van der Waals surface area (Å²) in [6.07, 6.45) is 11.0. The summed E-state index contributed by atoms with van der Waals surface area (Å²) in [5.74, 6) is 0. The van der Waals surface area contributed by atoms with Gasteiger partial charge in [0.2, 0.25) is 0 Å². The third-order valence-corrected chi connectivity index (χ3v) is 3.74. The molecule has 0 spiro atoms. The van der Waals surface area contributed by atoms with E-state index in [1.165, 1.54) is 56.9 Å². The van der Waals surface area contributed by atoms with Gasteiger partial charge in [-0.05, 0) is 24.1 Å². The van der Waals surface area contributed by atoms with E-state index in [0.717, 1.165) is 18.7 Å². The maximum Gasteiger partial charge on any atom is 0.0681 e. The maximum atomic E-state index is 8.98. The molecule has 1 aromatic carbocycles. The first-order valence-corrected chi connectivity index (χ1v) is 8.26. The van der Waals surface area contributed by atoms with Crippen molar-refractivity contribution in [2.45, 2.75) is 71.4 Å². The molecule has 20 heavy (non-hydrogen) atoms. The van der Waals surface area contributed by atoms with Crippen molar-refractivity contribution in [1.29, 1.82) is 0 Å². The van der Waals surface area contributed by atoms with Crippen LogP contribution in [0.25, 0.3) is 0 Å². The Hall–Kier alpha value is -0.860. The fraction of sp³-hybridized carbons (Fsp3) is 0.667. The fourth-order valence-corrected chi connectivity index (χ4v) is 2.38. The molecule has 0 unspecified atom stereocenters. The van der Waals surface area contributed by atoms with Gasteiger partial charge in [0.1, 0.15) is 0 Å². The monoisotopic (exact) mass is 277 g/mol. The van der Waals surface area contributed by atoms with Crippen LogP contribution in [-0.4, -0.2) is 11.7 Å². The lowest BCUT2D eigenvalue weighted by Gasteiger charge is -2.06. The van der Waals surface area contributed by atoms with Crippen molar-refractivity contribution in [3.8, 4) is 0 Å². The van der Waals surface area contributed by atoms with E-state index >= 15 is 0 Å². The molecule has 0 heterocycles. The summed E-state index contributed by atoms with van der Waals surface area (Å²) >= 11 is 0. The second-order valence-corrected chi connectivity index (χ2v) is 5.63. The van der Waals surface area contributed by atoms with Gasteiger partial charge >= 0.3 is 0 Å². The van der Waals surface area contributed by atoms with Crippen LogP contribution in [-0.2, 0) is 13.2 Å². The van der Waals surface area contributed by atoms with Crippen molar-refractivity contribution < 1.29 is 5.11 Å². The molecular formula is C18H31NO. The van der Waals surface area contributed by atoms with Gasteiger partial charge in [-0.3, -0.25) is 0 Å². The Labute approximate surface area is 124 Å². The minimum Gasteiger partial charge on any atom is -0.392 e. The number of aliphatic hydroxyl groups excluding tert-OH is 1. The second-order valence-electron chi connectivity index (χ2n) is 5.63. The van der Waals surface area contributed by atoms with Crippen molar-refractivity contribution >= 4 is 0 Å². The van der Waals surface area contributed by atoms with E-state index < -0.39 is 0 Å². The van der Waals surface area contributed by atoms with Crippen LogP contribution < -0.4 is 5.32 Å². The highest BCUT2D eigenvalue weighted by atomic mass is 16.3. The predicted molar refractivity (Wildman–Crippen MR) is 86.7 cm³/mol. The van der Waals surface area contributed by atoms with Gasteiger partial charge in [-0.2, -0.15) is 0 Å². The zero-order valence-electron chi connectivity index (χ0n) is 13.0. The Morgan fingerprint density at radius 1 is 0.800 bits per heavy atom. The number of hydrogen-bond donors (Lipinski definition) is 2. The molecule has 0 saturated carbocycles. The van der Waals surface area contributed by atoms with Crippen molar-refractivity contribution in [2.75, 3.05) is 6.54 Å². The second kappa shape index (κ2) is 11.9. The van der Waals surface area contributed by atoms with E-state index in [0.29, 0.717) is 0 Å². The van der Waals surface area contributed by atoms with Crippen LogP contribution in [0.1, 0.15) is 69.4 Å². The summed E-state index contributed by atoms with van der Waals surface area (Å²) in [7, 11) is 0. The van der Waals surface area contributed by atoms with Gasteiger partial charge in [0.15, 0.2) is 0 Å². The summed E-state index contributed by atoms with van der Waals surface area (Å²) in [6.45, 7) is 4.44. The molecule has 0 fully saturated rings. The molecule has 114 valence electrons. The predicted octanol–water partition coefficient (Wildman–Crippen LogP) is 4.41. The summed E-state index contributed by atoms with van der Waals surface area (Å²) in [6, 6.07) is 8.17. The van der Waals surface area contributed by atoms with E-state index in [1.54, 1.807) is 0 Å². The fourth-order valence-electron chi connectivity index (χ4n) is 2.38. The SMILES string of the molecule is CCCCCCCCCCNCc1ccc(CO)cc1. The molecule has 2 heteroatoms. The third-order valence-electron chi connectivity index (χ3n) is 3.74. The molecule has 0 atom stereocenters. The minimum absolute atomic E-state index is 0.131. The molecule has 2 N–H and O–H groups in total. The van der Waals surface area contributed by atoms with Gasteiger partial charge < -0.3 is 10.4 Å². The van der Waals surface area contributed by atoms with Gasteiger partial charge in [0.05, 0.1) is 6.61 Å². The molecule has 1 aromatic rings. The average Bonchev–Trinajstić information content (AvgIpc) is 2.50. The van der Waals surface area contributed by atoms with E-state index in [-0.39, 0.29) is 6.61 Å². The molecular weight excluding hydrogens is 246 g/mol. The molecule has 1 rings (SSSR count). The first-order valence-electron chi connectivity index (χ1n) is 8.26. The van der Waals surface area contributed by atoms with E-state index in [4.69, 9.17) is 5.11 Å². The smallest absolute Gasteiger partial charge is 0.0681 e. The summed E-state index contributed by atoms with van der Waals surface area (Å²) in [4.78, 5) is 0. The molecule has 0 aromatic heterocycles. The summed E-state index contributed by atoms with van der Waals surface area (Å²) < 4.78 is 0. The Bertz CT molecular complexity index is 321. The van der Waals surface area contributed by atoms with Crippen molar-refractivity contribution in [2.24, 2.45) is 0 Å². The van der Waals surface area contributed by atoms with E-state index in [2.05, 4.69) is 24.4 Å². The standard InChI is InChI=1S/C18H31NO/c1-2-3-4-5-6-7-8-9-14-19-15-17-10-12-18(16-20)13-11-17/h10-13,19-20H,2-9,14-16H2,1H3. The van der Waals surface area contributed by atoms with Crippen LogP contribution in [0.15, 0.2) is 24.3 Å². The Kier molecular flexibility index (Phi) is 10.3. The molecule has 0 amide bonds. The quantitative estimate of drug-likeness (QED) is 0.555. The first-order chi connectivity index (χ1) is 9.86. The van der Waals surface area contributed by atoms with Crippen LogP contribution in [0, 0.1) is 0 Å². The lowest BCUT2D eigenvalue weighted by atomic mass is 10.1. The Balaban J connectivity index is 1.91. The highest BCUT2D eigenvalue weighted by Gasteiger charge is 1.95. The number of rotatable bonds is 12. The van der Waals surface area contributed by atoms with Gasteiger partial charge in [-0.15, -0.1) is 0 Å². The van der Waals surface area contributed by atoms with Crippen LogP contribution in [0.5, 0.6) is 0 Å². The van der Waals surface area contributed by atoms with E-state index in [1.807, 2.05) is 12.1 Å². The molecule has 2 nitrogen and oxygen atoms in total. The molecule has 0 saturated heterocycles. The normalized spacial score (nSPS) is 10.9. The summed E-state index contributed by atoms with van der Waals surface area (Å²) in [5.41, 5.74) is 2.28. The number of unbranched alkanes of at least 4 members (excludes halogenated alkanes) is 7.